The fraction of sp³-hybridized carbons (Fsp3) is 0.600. The van der Waals surface area contributed by atoms with Gasteiger partial charge in [-0.3, -0.25) is 14.5 Å². The van der Waals surface area contributed by atoms with Crippen molar-refractivity contribution >= 4 is 11.9 Å². The Balaban J connectivity index is 1.60. The molecule has 1 atom stereocenters. The van der Waals surface area contributed by atoms with E-state index in [9.17, 15) is 18.4 Å². The van der Waals surface area contributed by atoms with Crippen LogP contribution in [-0.4, -0.2) is 54.0 Å². The molecule has 0 aromatic heterocycles. The second-order valence-corrected chi connectivity index (χ2v) is 7.67. The third kappa shape index (κ3) is 4.46. The molecule has 1 spiro atoms. The van der Waals surface area contributed by atoms with Crippen molar-refractivity contribution in [1.82, 2.24) is 9.80 Å². The number of piperidine rings is 1. The smallest absolute Gasteiger partial charge is 0.323 e. The molecule has 0 saturated carbocycles. The molecule has 0 N–H and O–H groups in total. The fourth-order valence-electron chi connectivity index (χ4n) is 4.18. The van der Waals surface area contributed by atoms with Gasteiger partial charge in [-0.05, 0) is 62.9 Å². The van der Waals surface area contributed by atoms with E-state index >= 15 is 0 Å². The highest BCUT2D eigenvalue weighted by Crippen LogP contribution is 2.41. The summed E-state index contributed by atoms with van der Waals surface area (Å²) in [4.78, 5) is 28.2. The number of carbonyl (C=O) groups excluding carboxylic acids is 2. The van der Waals surface area contributed by atoms with E-state index < -0.39 is 11.6 Å². The van der Waals surface area contributed by atoms with Crippen molar-refractivity contribution < 1.29 is 23.1 Å². The van der Waals surface area contributed by atoms with E-state index in [0.29, 0.717) is 25.1 Å². The average Bonchev–Trinajstić information content (AvgIpc) is 2.89. The molecule has 2 heterocycles. The summed E-state index contributed by atoms with van der Waals surface area (Å²) in [6.07, 6.45) is 2.08. The number of rotatable bonds is 5. The summed E-state index contributed by atoms with van der Waals surface area (Å²) in [5.74, 6) is -1.46. The summed E-state index contributed by atoms with van der Waals surface area (Å²) in [5.41, 5.74) is 0.347. The molecule has 148 valence electrons. The van der Waals surface area contributed by atoms with E-state index in [2.05, 4.69) is 4.90 Å². The lowest BCUT2D eigenvalue weighted by atomic mass is 9.77. The Morgan fingerprint density at radius 1 is 1.22 bits per heavy atom. The first-order valence-electron chi connectivity index (χ1n) is 9.45. The molecule has 3 rings (SSSR count). The second-order valence-electron chi connectivity index (χ2n) is 7.67. The van der Waals surface area contributed by atoms with Gasteiger partial charge in [0.15, 0.2) is 0 Å². The van der Waals surface area contributed by atoms with Gasteiger partial charge in [0.1, 0.15) is 17.7 Å². The molecule has 7 heteroatoms. The molecular weight excluding hydrogens is 354 g/mol. The van der Waals surface area contributed by atoms with Crippen LogP contribution in [0, 0.1) is 17.0 Å². The van der Waals surface area contributed by atoms with Crippen LogP contribution >= 0.6 is 0 Å². The van der Waals surface area contributed by atoms with Crippen LogP contribution in [-0.2, 0) is 20.9 Å². The standard InChI is InChI=1S/C20H26F2N2O3/c1-3-27-19(26)14(2)23-6-4-20(5-7-23)11-18(25)24(13-20)12-15-8-16(21)10-17(22)9-15/h8-10,14H,3-7,11-13H2,1-2H3. The lowest BCUT2D eigenvalue weighted by Crippen LogP contribution is -2.48. The minimum atomic E-state index is -0.632. The third-order valence-electron chi connectivity index (χ3n) is 5.74. The minimum absolute atomic E-state index is 0.0200. The minimum Gasteiger partial charge on any atom is -0.465 e. The van der Waals surface area contributed by atoms with E-state index in [-0.39, 0.29) is 29.9 Å². The Hall–Kier alpha value is -2.02. The zero-order valence-corrected chi connectivity index (χ0v) is 15.8. The van der Waals surface area contributed by atoms with Crippen LogP contribution in [0.4, 0.5) is 8.78 Å². The lowest BCUT2D eigenvalue weighted by molar-refractivity contribution is -0.149. The molecule has 1 aromatic rings. The SMILES string of the molecule is CCOC(=O)C(C)N1CCC2(CC1)CC(=O)N(Cc1cc(F)cc(F)c1)C2. The van der Waals surface area contributed by atoms with Gasteiger partial charge < -0.3 is 9.64 Å². The van der Waals surface area contributed by atoms with Crippen molar-refractivity contribution in [3.8, 4) is 0 Å². The van der Waals surface area contributed by atoms with Crippen molar-refractivity contribution in [2.45, 2.75) is 45.7 Å². The summed E-state index contributed by atoms with van der Waals surface area (Å²) < 4.78 is 31.9. The Morgan fingerprint density at radius 2 is 1.85 bits per heavy atom. The number of amides is 1. The Morgan fingerprint density at radius 3 is 2.44 bits per heavy atom. The van der Waals surface area contributed by atoms with Gasteiger partial charge in [0.05, 0.1) is 6.61 Å². The normalized spacial score (nSPS) is 20.9. The molecule has 2 fully saturated rings. The summed E-state index contributed by atoms with van der Waals surface area (Å²) >= 11 is 0. The van der Waals surface area contributed by atoms with Crippen molar-refractivity contribution in [1.29, 1.82) is 0 Å². The van der Waals surface area contributed by atoms with Crippen LogP contribution in [0.25, 0.3) is 0 Å². The molecule has 0 radical (unpaired) electrons. The Labute approximate surface area is 158 Å². The highest BCUT2D eigenvalue weighted by molar-refractivity contribution is 5.79. The van der Waals surface area contributed by atoms with Crippen LogP contribution in [0.15, 0.2) is 18.2 Å². The number of nitrogens with zero attached hydrogens (tertiary/aromatic N) is 2. The monoisotopic (exact) mass is 380 g/mol. The molecule has 5 nitrogen and oxygen atoms in total. The molecule has 1 amide bonds. The van der Waals surface area contributed by atoms with Gasteiger partial charge in [0.25, 0.3) is 0 Å². The second kappa shape index (κ2) is 7.92. The van der Waals surface area contributed by atoms with Crippen molar-refractivity contribution in [3.63, 3.8) is 0 Å². The van der Waals surface area contributed by atoms with E-state index in [1.807, 2.05) is 6.92 Å². The quantitative estimate of drug-likeness (QED) is 0.737. The molecule has 2 saturated heterocycles. The van der Waals surface area contributed by atoms with Crippen LogP contribution in [0.2, 0.25) is 0 Å². The first-order valence-corrected chi connectivity index (χ1v) is 9.45. The van der Waals surface area contributed by atoms with Crippen molar-refractivity contribution in [2.75, 3.05) is 26.2 Å². The molecule has 0 bridgehead atoms. The third-order valence-corrected chi connectivity index (χ3v) is 5.74. The van der Waals surface area contributed by atoms with Gasteiger partial charge in [0.2, 0.25) is 5.91 Å². The zero-order chi connectivity index (χ0) is 19.6. The van der Waals surface area contributed by atoms with Crippen LogP contribution in [0.1, 0.15) is 38.7 Å². The summed E-state index contributed by atoms with van der Waals surface area (Å²) in [5, 5.41) is 0. The molecule has 1 aromatic carbocycles. The number of esters is 1. The first-order chi connectivity index (χ1) is 12.8. The van der Waals surface area contributed by atoms with Gasteiger partial charge in [-0.15, -0.1) is 0 Å². The fourth-order valence-corrected chi connectivity index (χ4v) is 4.18. The average molecular weight is 380 g/mol. The van der Waals surface area contributed by atoms with Gasteiger partial charge in [0, 0.05) is 25.6 Å². The van der Waals surface area contributed by atoms with E-state index in [4.69, 9.17) is 4.74 Å². The number of ether oxygens (including phenoxy) is 1. The molecular formula is C20H26F2N2O3. The van der Waals surface area contributed by atoms with E-state index in [0.717, 1.165) is 32.0 Å². The lowest BCUT2D eigenvalue weighted by Gasteiger charge is -2.40. The number of halogens is 2. The van der Waals surface area contributed by atoms with Crippen LogP contribution < -0.4 is 0 Å². The van der Waals surface area contributed by atoms with Crippen molar-refractivity contribution in [3.05, 3.63) is 35.4 Å². The topological polar surface area (TPSA) is 49.9 Å². The predicted molar refractivity (Wildman–Crippen MR) is 95.7 cm³/mol. The summed E-state index contributed by atoms with van der Waals surface area (Å²) in [6.45, 7) is 6.28. The van der Waals surface area contributed by atoms with Gasteiger partial charge in [-0.25, -0.2) is 8.78 Å². The maximum absolute atomic E-state index is 13.4. The number of likely N-dealkylation sites (tertiary alicyclic amines) is 2. The maximum Gasteiger partial charge on any atom is 0.323 e. The van der Waals surface area contributed by atoms with Gasteiger partial charge >= 0.3 is 5.97 Å². The highest BCUT2D eigenvalue weighted by atomic mass is 19.1. The van der Waals surface area contributed by atoms with Gasteiger partial charge in [-0.1, -0.05) is 0 Å². The highest BCUT2D eigenvalue weighted by Gasteiger charge is 2.45. The summed E-state index contributed by atoms with van der Waals surface area (Å²) in [6, 6.07) is 3.08. The van der Waals surface area contributed by atoms with E-state index in [1.165, 1.54) is 12.1 Å². The number of hydrogen-bond donors (Lipinski definition) is 0. The number of benzene rings is 1. The Bertz CT molecular complexity index is 697. The molecule has 0 aliphatic carbocycles. The van der Waals surface area contributed by atoms with Crippen molar-refractivity contribution in [2.24, 2.45) is 5.41 Å². The molecule has 2 aliphatic heterocycles. The first kappa shape index (κ1) is 19.7. The largest absolute Gasteiger partial charge is 0.465 e. The van der Waals surface area contributed by atoms with E-state index in [1.54, 1.807) is 11.8 Å². The Kier molecular flexibility index (Phi) is 5.79. The van der Waals surface area contributed by atoms with Crippen LogP contribution in [0.5, 0.6) is 0 Å². The number of hydrogen-bond acceptors (Lipinski definition) is 4. The molecule has 1 unspecified atom stereocenters. The predicted octanol–water partition coefficient (Wildman–Crippen LogP) is 2.73. The maximum atomic E-state index is 13.4. The molecule has 27 heavy (non-hydrogen) atoms. The number of carbonyl (C=O) groups is 2. The zero-order valence-electron chi connectivity index (χ0n) is 15.8. The molecule has 2 aliphatic rings. The van der Waals surface area contributed by atoms with Gasteiger partial charge in [-0.2, -0.15) is 0 Å². The summed E-state index contributed by atoms with van der Waals surface area (Å²) in [7, 11) is 0. The van der Waals surface area contributed by atoms with Crippen LogP contribution in [0.3, 0.4) is 0 Å².